The third kappa shape index (κ3) is 1.58. The molecule has 1 aromatic rings. The number of ether oxygens (including phenoxy) is 1. The highest BCUT2D eigenvalue weighted by Gasteiger charge is 2.25. The monoisotopic (exact) mass is 218 g/mol. The molecule has 84 valence electrons. The van der Waals surface area contributed by atoms with E-state index in [1.54, 1.807) is 13.0 Å². The lowest BCUT2D eigenvalue weighted by atomic mass is 9.97. The summed E-state index contributed by atoms with van der Waals surface area (Å²) in [6, 6.07) is 1.64. The van der Waals surface area contributed by atoms with E-state index in [1.807, 2.05) is 26.0 Å². The van der Waals surface area contributed by atoms with E-state index in [9.17, 15) is 9.90 Å². The number of phenolic OH excluding ortho intramolecular Hbond substituents is 1. The number of benzene rings is 1. The predicted octanol–water partition coefficient (Wildman–Crippen LogP) is 2.70. The number of aromatic hydroxyl groups is 1. The van der Waals surface area contributed by atoms with Gasteiger partial charge in [-0.05, 0) is 32.9 Å². The normalized spacial score (nSPS) is 16.4. The van der Waals surface area contributed by atoms with E-state index < -0.39 is 0 Å². The molecule has 1 N–H and O–H groups in total. The summed E-state index contributed by atoms with van der Waals surface area (Å²) in [5, 5.41) is 9.79. The number of carbonyl (C=O) groups is 1. The first-order valence-corrected chi connectivity index (χ1v) is 5.14. The van der Waals surface area contributed by atoms with E-state index in [2.05, 4.69) is 0 Å². The fraction of sp³-hybridized carbons (Fsp3) is 0.308. The lowest BCUT2D eigenvalue weighted by molar-refractivity contribution is 0.112. The number of carbonyl (C=O) groups excluding carboxylic acids is 1. The summed E-state index contributed by atoms with van der Waals surface area (Å²) in [5.74, 6) is 0.649. The minimum absolute atomic E-state index is 0.000139. The van der Waals surface area contributed by atoms with Crippen LogP contribution in [0, 0.1) is 6.92 Å². The van der Waals surface area contributed by atoms with Crippen LogP contribution in [0.2, 0.25) is 0 Å². The first-order chi connectivity index (χ1) is 7.44. The molecule has 0 amide bonds. The molecule has 3 heteroatoms. The van der Waals surface area contributed by atoms with E-state index in [1.165, 1.54) is 0 Å². The zero-order chi connectivity index (χ0) is 11.9. The van der Waals surface area contributed by atoms with Crippen molar-refractivity contribution in [3.63, 3.8) is 0 Å². The van der Waals surface area contributed by atoms with Gasteiger partial charge in [-0.2, -0.15) is 0 Å². The highest BCUT2D eigenvalue weighted by molar-refractivity contribution is 5.84. The molecule has 0 unspecified atom stereocenters. The van der Waals surface area contributed by atoms with Crippen molar-refractivity contribution < 1.29 is 14.6 Å². The summed E-state index contributed by atoms with van der Waals surface area (Å²) < 4.78 is 5.77. The third-order valence-corrected chi connectivity index (χ3v) is 2.70. The highest BCUT2D eigenvalue weighted by atomic mass is 16.5. The second-order valence-corrected chi connectivity index (χ2v) is 4.51. The van der Waals surface area contributed by atoms with Crippen LogP contribution in [0.5, 0.6) is 11.5 Å². The Morgan fingerprint density at radius 2 is 2.12 bits per heavy atom. The highest BCUT2D eigenvalue weighted by Crippen LogP contribution is 2.39. The maximum absolute atomic E-state index is 10.8. The van der Waals surface area contributed by atoms with Gasteiger partial charge in [-0.3, -0.25) is 4.79 Å². The molecular formula is C13H14O3. The largest absolute Gasteiger partial charge is 0.507 e. The molecule has 0 radical (unpaired) electrons. The van der Waals surface area contributed by atoms with Crippen molar-refractivity contribution in [2.75, 3.05) is 0 Å². The quantitative estimate of drug-likeness (QED) is 0.737. The van der Waals surface area contributed by atoms with Gasteiger partial charge in [0.25, 0.3) is 0 Å². The second kappa shape index (κ2) is 3.37. The molecule has 2 rings (SSSR count). The Kier molecular flexibility index (Phi) is 2.26. The Morgan fingerprint density at radius 3 is 2.75 bits per heavy atom. The van der Waals surface area contributed by atoms with Crippen LogP contribution in [0.15, 0.2) is 12.1 Å². The van der Waals surface area contributed by atoms with Crippen molar-refractivity contribution in [3.05, 3.63) is 28.8 Å². The first-order valence-electron chi connectivity index (χ1n) is 5.14. The van der Waals surface area contributed by atoms with Gasteiger partial charge in [0, 0.05) is 11.1 Å². The maximum atomic E-state index is 10.8. The Morgan fingerprint density at radius 1 is 1.44 bits per heavy atom. The van der Waals surface area contributed by atoms with E-state index in [0.717, 1.165) is 5.56 Å². The minimum atomic E-state index is -0.382. The molecule has 0 spiro atoms. The average Bonchev–Trinajstić information content (AvgIpc) is 2.23. The van der Waals surface area contributed by atoms with Gasteiger partial charge in [0.2, 0.25) is 0 Å². The number of hydrogen-bond donors (Lipinski definition) is 1. The summed E-state index contributed by atoms with van der Waals surface area (Å²) in [5.41, 5.74) is 1.35. The van der Waals surface area contributed by atoms with Crippen LogP contribution in [-0.4, -0.2) is 17.0 Å². The zero-order valence-electron chi connectivity index (χ0n) is 9.57. The number of fused-ring (bicyclic) bond motifs is 1. The zero-order valence-corrected chi connectivity index (χ0v) is 9.57. The van der Waals surface area contributed by atoms with Crippen molar-refractivity contribution >= 4 is 12.4 Å². The third-order valence-electron chi connectivity index (χ3n) is 2.70. The Hall–Kier alpha value is -1.77. The summed E-state index contributed by atoms with van der Waals surface area (Å²) in [4.78, 5) is 10.8. The molecular weight excluding hydrogens is 204 g/mol. The SMILES string of the molecule is Cc1c(O)c(C=O)cc2c1OC(C)(C)C=C2. The summed E-state index contributed by atoms with van der Waals surface area (Å²) in [6.45, 7) is 5.63. The lowest BCUT2D eigenvalue weighted by Gasteiger charge is -2.29. The lowest BCUT2D eigenvalue weighted by Crippen LogP contribution is -2.28. The van der Waals surface area contributed by atoms with Crippen molar-refractivity contribution in [3.8, 4) is 11.5 Å². The van der Waals surface area contributed by atoms with Crippen LogP contribution >= 0.6 is 0 Å². The molecule has 3 nitrogen and oxygen atoms in total. The van der Waals surface area contributed by atoms with Crippen molar-refractivity contribution in [2.24, 2.45) is 0 Å². The number of phenols is 1. The van der Waals surface area contributed by atoms with E-state index in [-0.39, 0.29) is 11.4 Å². The first kappa shape index (κ1) is 10.7. The molecule has 1 aromatic carbocycles. The Bertz CT molecular complexity index is 484. The fourth-order valence-electron chi connectivity index (χ4n) is 1.78. The molecule has 1 aliphatic rings. The van der Waals surface area contributed by atoms with Crippen LogP contribution in [0.1, 0.15) is 35.3 Å². The second-order valence-electron chi connectivity index (χ2n) is 4.51. The molecule has 1 aliphatic heterocycles. The fourth-order valence-corrected chi connectivity index (χ4v) is 1.78. The van der Waals surface area contributed by atoms with Gasteiger partial charge in [-0.1, -0.05) is 6.08 Å². The van der Waals surface area contributed by atoms with E-state index in [0.29, 0.717) is 23.2 Å². The predicted molar refractivity (Wildman–Crippen MR) is 62.0 cm³/mol. The number of hydrogen-bond acceptors (Lipinski definition) is 3. The molecule has 0 atom stereocenters. The smallest absolute Gasteiger partial charge is 0.153 e. The van der Waals surface area contributed by atoms with Gasteiger partial charge in [0.05, 0.1) is 5.56 Å². The Labute approximate surface area is 94.4 Å². The minimum Gasteiger partial charge on any atom is -0.507 e. The van der Waals surface area contributed by atoms with Crippen LogP contribution in [0.4, 0.5) is 0 Å². The topological polar surface area (TPSA) is 46.5 Å². The van der Waals surface area contributed by atoms with Crippen LogP contribution in [-0.2, 0) is 0 Å². The van der Waals surface area contributed by atoms with Crippen LogP contribution < -0.4 is 4.74 Å². The van der Waals surface area contributed by atoms with Gasteiger partial charge < -0.3 is 9.84 Å². The van der Waals surface area contributed by atoms with Crippen molar-refractivity contribution in [1.82, 2.24) is 0 Å². The van der Waals surface area contributed by atoms with Gasteiger partial charge in [0.1, 0.15) is 17.1 Å². The van der Waals surface area contributed by atoms with Crippen LogP contribution in [0.3, 0.4) is 0 Å². The summed E-state index contributed by atoms with van der Waals surface area (Å²) in [6.07, 6.45) is 4.49. The average molecular weight is 218 g/mol. The molecule has 0 aromatic heterocycles. The van der Waals surface area contributed by atoms with Gasteiger partial charge >= 0.3 is 0 Å². The van der Waals surface area contributed by atoms with Crippen molar-refractivity contribution in [1.29, 1.82) is 0 Å². The van der Waals surface area contributed by atoms with Gasteiger partial charge in [-0.25, -0.2) is 0 Å². The Balaban J connectivity index is 2.65. The summed E-state index contributed by atoms with van der Waals surface area (Å²) in [7, 11) is 0. The van der Waals surface area contributed by atoms with Crippen molar-refractivity contribution in [2.45, 2.75) is 26.4 Å². The number of aldehydes is 1. The summed E-state index contributed by atoms with van der Waals surface area (Å²) >= 11 is 0. The molecule has 0 bridgehead atoms. The van der Waals surface area contributed by atoms with E-state index in [4.69, 9.17) is 4.74 Å². The molecule has 0 saturated carbocycles. The number of rotatable bonds is 1. The van der Waals surface area contributed by atoms with Crippen LogP contribution in [0.25, 0.3) is 6.08 Å². The standard InChI is InChI=1S/C13H14O3/c1-8-11(15)10(7-14)6-9-4-5-13(2,3)16-12(8)9/h4-7,15H,1-3H3. The van der Waals surface area contributed by atoms with E-state index >= 15 is 0 Å². The van der Waals surface area contributed by atoms with Gasteiger partial charge in [0.15, 0.2) is 6.29 Å². The maximum Gasteiger partial charge on any atom is 0.153 e. The molecule has 0 fully saturated rings. The molecule has 0 saturated heterocycles. The van der Waals surface area contributed by atoms with Gasteiger partial charge in [-0.15, -0.1) is 0 Å². The molecule has 1 heterocycles. The molecule has 0 aliphatic carbocycles. The molecule has 16 heavy (non-hydrogen) atoms.